The molecule has 3 rings (SSSR count). The number of carboxylic acid groups (broad SMARTS) is 1. The van der Waals surface area contributed by atoms with Gasteiger partial charge in [-0.15, -0.1) is 0 Å². The molecule has 0 spiro atoms. The summed E-state index contributed by atoms with van der Waals surface area (Å²) in [7, 11) is 3.73. The molecule has 2 aliphatic rings. The molecule has 0 aliphatic carbocycles. The number of nitrogens with one attached hydrogen (secondary N) is 1. The molecule has 3 heterocycles. The second-order valence-electron chi connectivity index (χ2n) is 6.03. The Balaban J connectivity index is 1.73. The Morgan fingerprint density at radius 3 is 2.48 bits per heavy atom. The smallest absolute Gasteiger partial charge is 0.339 e. The van der Waals surface area contributed by atoms with Crippen molar-refractivity contribution in [3.63, 3.8) is 0 Å². The summed E-state index contributed by atoms with van der Waals surface area (Å²) in [5.41, 5.74) is 0.0691. The van der Waals surface area contributed by atoms with Crippen molar-refractivity contribution >= 4 is 11.9 Å². The number of aromatic nitrogens is 2. The molecule has 0 unspecified atom stereocenters. The van der Waals surface area contributed by atoms with E-state index in [1.54, 1.807) is 7.05 Å². The van der Waals surface area contributed by atoms with E-state index in [-0.39, 0.29) is 23.2 Å². The van der Waals surface area contributed by atoms with Gasteiger partial charge in [0.15, 0.2) is 0 Å². The van der Waals surface area contributed by atoms with Crippen molar-refractivity contribution in [1.82, 2.24) is 20.0 Å². The number of piperidine rings is 1. The number of hydrogen-bond donors (Lipinski definition) is 2. The van der Waals surface area contributed by atoms with E-state index in [4.69, 9.17) is 5.11 Å². The summed E-state index contributed by atoms with van der Waals surface area (Å²) >= 11 is 0. The van der Waals surface area contributed by atoms with E-state index in [0.29, 0.717) is 12.1 Å². The highest BCUT2D eigenvalue weighted by Gasteiger charge is 2.39. The minimum atomic E-state index is -1.13. The SMILES string of the molecule is CN1[C@H]2CC[C@H]1CC(NC(=O)c1c(C(=O)O)cnn1C)C2. The number of amides is 1. The van der Waals surface area contributed by atoms with Crippen LogP contribution in [-0.2, 0) is 7.05 Å². The number of fused-ring (bicyclic) bond motifs is 2. The third-order valence-electron chi connectivity index (χ3n) is 4.82. The zero-order valence-electron chi connectivity index (χ0n) is 12.2. The molecular formula is C14H20N4O3. The second kappa shape index (κ2) is 5.14. The van der Waals surface area contributed by atoms with Crippen LogP contribution in [0, 0.1) is 0 Å². The zero-order valence-corrected chi connectivity index (χ0v) is 12.2. The Bertz CT molecular complexity index is 569. The lowest BCUT2D eigenvalue weighted by molar-refractivity contribution is 0.0688. The van der Waals surface area contributed by atoms with Gasteiger partial charge in [-0.3, -0.25) is 9.48 Å². The number of hydrogen-bond acceptors (Lipinski definition) is 4. The lowest BCUT2D eigenvalue weighted by atomic mass is 9.98. The van der Waals surface area contributed by atoms with Crippen LogP contribution in [0.4, 0.5) is 0 Å². The minimum absolute atomic E-state index is 0.0501. The average molecular weight is 292 g/mol. The fraction of sp³-hybridized carbons (Fsp3) is 0.643. The normalized spacial score (nSPS) is 28.6. The van der Waals surface area contributed by atoms with Crippen molar-refractivity contribution in [2.24, 2.45) is 7.05 Å². The third-order valence-corrected chi connectivity index (χ3v) is 4.82. The van der Waals surface area contributed by atoms with Crippen LogP contribution in [-0.4, -0.2) is 56.8 Å². The van der Waals surface area contributed by atoms with Gasteiger partial charge in [-0.1, -0.05) is 0 Å². The Kier molecular flexibility index (Phi) is 3.44. The van der Waals surface area contributed by atoms with Crippen LogP contribution in [0.2, 0.25) is 0 Å². The van der Waals surface area contributed by atoms with Crippen molar-refractivity contribution in [3.05, 3.63) is 17.5 Å². The van der Waals surface area contributed by atoms with E-state index in [1.165, 1.54) is 23.7 Å². The van der Waals surface area contributed by atoms with E-state index >= 15 is 0 Å². The van der Waals surface area contributed by atoms with Gasteiger partial charge in [0.1, 0.15) is 11.3 Å². The van der Waals surface area contributed by atoms with Gasteiger partial charge < -0.3 is 15.3 Å². The van der Waals surface area contributed by atoms with Crippen LogP contribution >= 0.6 is 0 Å². The molecule has 0 aromatic carbocycles. The zero-order chi connectivity index (χ0) is 15.1. The van der Waals surface area contributed by atoms with Crippen molar-refractivity contribution in [1.29, 1.82) is 0 Å². The maximum absolute atomic E-state index is 12.4. The number of carbonyl (C=O) groups is 2. The molecule has 114 valence electrons. The highest BCUT2D eigenvalue weighted by Crippen LogP contribution is 2.34. The molecule has 2 fully saturated rings. The maximum Gasteiger partial charge on any atom is 0.339 e. The molecule has 2 bridgehead atoms. The first-order chi connectivity index (χ1) is 9.97. The molecule has 1 aromatic heterocycles. The van der Waals surface area contributed by atoms with Crippen LogP contribution in [0.25, 0.3) is 0 Å². The largest absolute Gasteiger partial charge is 0.478 e. The quantitative estimate of drug-likeness (QED) is 0.846. The van der Waals surface area contributed by atoms with Gasteiger partial charge in [0.05, 0.1) is 6.20 Å². The van der Waals surface area contributed by atoms with Crippen molar-refractivity contribution < 1.29 is 14.7 Å². The Labute approximate surface area is 122 Å². The van der Waals surface area contributed by atoms with Crippen LogP contribution in [0.1, 0.15) is 46.5 Å². The number of carbonyl (C=O) groups excluding carboxylic acids is 1. The molecule has 2 N–H and O–H groups in total. The lowest BCUT2D eigenvalue weighted by Crippen LogP contribution is -2.49. The van der Waals surface area contributed by atoms with Gasteiger partial charge in [0.2, 0.25) is 0 Å². The highest BCUT2D eigenvalue weighted by atomic mass is 16.4. The number of carboxylic acids is 1. The predicted molar refractivity (Wildman–Crippen MR) is 75.2 cm³/mol. The number of rotatable bonds is 3. The van der Waals surface area contributed by atoms with E-state index in [9.17, 15) is 9.59 Å². The summed E-state index contributed by atoms with van der Waals surface area (Å²) in [5.74, 6) is -1.47. The third kappa shape index (κ3) is 2.42. The van der Waals surface area contributed by atoms with Crippen LogP contribution < -0.4 is 5.32 Å². The fourth-order valence-electron chi connectivity index (χ4n) is 3.65. The Morgan fingerprint density at radius 1 is 1.29 bits per heavy atom. The fourth-order valence-corrected chi connectivity index (χ4v) is 3.65. The first-order valence-electron chi connectivity index (χ1n) is 7.25. The molecule has 2 saturated heterocycles. The van der Waals surface area contributed by atoms with Gasteiger partial charge in [0.25, 0.3) is 5.91 Å². The van der Waals surface area contributed by atoms with Crippen molar-refractivity contribution in [2.75, 3.05) is 7.05 Å². The van der Waals surface area contributed by atoms with Crippen LogP contribution in [0.15, 0.2) is 6.20 Å². The summed E-state index contributed by atoms with van der Waals surface area (Å²) in [4.78, 5) is 25.9. The molecule has 7 nitrogen and oxygen atoms in total. The highest BCUT2D eigenvalue weighted by molar-refractivity contribution is 6.03. The minimum Gasteiger partial charge on any atom is -0.478 e. The van der Waals surface area contributed by atoms with Gasteiger partial charge in [-0.05, 0) is 32.7 Å². The molecular weight excluding hydrogens is 272 g/mol. The van der Waals surface area contributed by atoms with E-state index in [0.717, 1.165) is 12.8 Å². The average Bonchev–Trinajstić information content (AvgIpc) is 2.88. The van der Waals surface area contributed by atoms with Gasteiger partial charge in [0, 0.05) is 25.2 Å². The van der Waals surface area contributed by atoms with Crippen LogP contribution in [0.5, 0.6) is 0 Å². The number of aryl methyl sites for hydroxylation is 1. The summed E-state index contributed by atoms with van der Waals surface area (Å²) in [5, 5.41) is 16.0. The maximum atomic E-state index is 12.4. The van der Waals surface area contributed by atoms with E-state index < -0.39 is 5.97 Å². The van der Waals surface area contributed by atoms with Gasteiger partial charge in [-0.25, -0.2) is 4.79 Å². The van der Waals surface area contributed by atoms with E-state index in [2.05, 4.69) is 22.4 Å². The van der Waals surface area contributed by atoms with Crippen molar-refractivity contribution in [2.45, 2.75) is 43.8 Å². The summed E-state index contributed by atoms with van der Waals surface area (Å²) in [6, 6.07) is 1.17. The molecule has 2 aliphatic heterocycles. The Morgan fingerprint density at radius 2 is 1.90 bits per heavy atom. The summed E-state index contributed by atoms with van der Waals surface area (Å²) in [6.45, 7) is 0. The van der Waals surface area contributed by atoms with Gasteiger partial charge in [-0.2, -0.15) is 5.10 Å². The van der Waals surface area contributed by atoms with E-state index in [1.807, 2.05) is 0 Å². The molecule has 2 atom stereocenters. The molecule has 1 amide bonds. The standard InChI is InChI=1S/C14H20N4O3/c1-17-9-3-4-10(17)6-8(5-9)16-13(19)12-11(14(20)21)7-15-18(12)2/h7-10H,3-6H2,1-2H3,(H,16,19)(H,20,21)/t9-,10-/m0/s1. The molecule has 0 radical (unpaired) electrons. The topological polar surface area (TPSA) is 87.5 Å². The lowest BCUT2D eigenvalue weighted by Gasteiger charge is -2.36. The van der Waals surface area contributed by atoms with Crippen molar-refractivity contribution in [3.8, 4) is 0 Å². The molecule has 1 aromatic rings. The first kappa shape index (κ1) is 14.1. The number of aromatic carboxylic acids is 1. The molecule has 21 heavy (non-hydrogen) atoms. The predicted octanol–water partition coefficient (Wildman–Crippen LogP) is 0.473. The van der Waals surface area contributed by atoms with Crippen LogP contribution in [0.3, 0.4) is 0 Å². The number of nitrogens with zero attached hydrogens (tertiary/aromatic N) is 3. The summed E-state index contributed by atoms with van der Waals surface area (Å²) in [6.07, 6.45) is 5.44. The molecule has 7 heteroatoms. The molecule has 0 saturated carbocycles. The monoisotopic (exact) mass is 292 g/mol. The first-order valence-corrected chi connectivity index (χ1v) is 7.25. The Hall–Kier alpha value is -1.89. The summed E-state index contributed by atoms with van der Waals surface area (Å²) < 4.78 is 1.32. The second-order valence-corrected chi connectivity index (χ2v) is 6.03. The van der Waals surface area contributed by atoms with Gasteiger partial charge >= 0.3 is 5.97 Å².